The van der Waals surface area contributed by atoms with Gasteiger partial charge in [-0.05, 0) is 6.92 Å². The molecule has 64 valence electrons. The highest BCUT2D eigenvalue weighted by molar-refractivity contribution is 7.84. The summed E-state index contributed by atoms with van der Waals surface area (Å²) in [6, 6.07) is 0. The van der Waals surface area contributed by atoms with Crippen molar-refractivity contribution in [2.75, 3.05) is 25.1 Å². The van der Waals surface area contributed by atoms with Gasteiger partial charge in [0, 0.05) is 42.3 Å². The standard InChI is InChI=1S/C8H15NOS/c1-3-4-5-6-9-7-8-11(2)10/h9H,5-8H2,1-2H3. The van der Waals surface area contributed by atoms with Crippen LogP contribution in [0.3, 0.4) is 0 Å². The lowest BCUT2D eigenvalue weighted by atomic mass is 10.4. The smallest absolute Gasteiger partial charge is 0.0357 e. The molecule has 1 atom stereocenters. The monoisotopic (exact) mass is 173 g/mol. The highest BCUT2D eigenvalue weighted by atomic mass is 32.2. The minimum atomic E-state index is -0.671. The van der Waals surface area contributed by atoms with Gasteiger partial charge in [0.05, 0.1) is 0 Å². The molecular weight excluding hydrogens is 158 g/mol. The fourth-order valence-corrected chi connectivity index (χ4v) is 1.05. The second-order valence-corrected chi connectivity index (χ2v) is 3.76. The first-order valence-corrected chi connectivity index (χ1v) is 5.40. The molecule has 1 unspecified atom stereocenters. The highest BCUT2D eigenvalue weighted by Gasteiger charge is 1.88. The van der Waals surface area contributed by atoms with Crippen LogP contribution in [0.25, 0.3) is 0 Å². The van der Waals surface area contributed by atoms with Crippen LogP contribution in [0, 0.1) is 11.8 Å². The Morgan fingerprint density at radius 2 is 2.18 bits per heavy atom. The Morgan fingerprint density at radius 1 is 1.45 bits per heavy atom. The van der Waals surface area contributed by atoms with Gasteiger partial charge >= 0.3 is 0 Å². The molecule has 1 N–H and O–H groups in total. The topological polar surface area (TPSA) is 29.1 Å². The fourth-order valence-electron chi connectivity index (χ4n) is 0.617. The molecule has 0 aromatic rings. The van der Waals surface area contributed by atoms with Gasteiger partial charge in [0.25, 0.3) is 0 Å². The SMILES string of the molecule is CC#CCCNCCS(C)=O. The van der Waals surface area contributed by atoms with E-state index in [1.165, 1.54) is 0 Å². The second kappa shape index (κ2) is 7.77. The van der Waals surface area contributed by atoms with Crippen molar-refractivity contribution < 1.29 is 4.21 Å². The summed E-state index contributed by atoms with van der Waals surface area (Å²) in [7, 11) is -0.671. The Labute approximate surface area is 71.2 Å². The van der Waals surface area contributed by atoms with E-state index in [1.807, 2.05) is 6.92 Å². The normalized spacial score (nSPS) is 11.8. The van der Waals surface area contributed by atoms with Gasteiger partial charge in [0.15, 0.2) is 0 Å². The Morgan fingerprint density at radius 3 is 2.73 bits per heavy atom. The van der Waals surface area contributed by atoms with E-state index in [0.717, 1.165) is 25.3 Å². The third-order valence-electron chi connectivity index (χ3n) is 1.17. The molecule has 0 bridgehead atoms. The molecule has 0 radical (unpaired) electrons. The molecule has 0 aliphatic rings. The number of nitrogens with one attached hydrogen (secondary N) is 1. The van der Waals surface area contributed by atoms with E-state index in [0.29, 0.717) is 0 Å². The predicted molar refractivity (Wildman–Crippen MR) is 49.9 cm³/mol. The molecule has 2 nitrogen and oxygen atoms in total. The van der Waals surface area contributed by atoms with Crippen molar-refractivity contribution in [2.45, 2.75) is 13.3 Å². The lowest BCUT2D eigenvalue weighted by Gasteiger charge is -1.98. The van der Waals surface area contributed by atoms with Crippen molar-refractivity contribution in [3.05, 3.63) is 0 Å². The van der Waals surface area contributed by atoms with Gasteiger partial charge in [-0.25, -0.2) is 0 Å². The van der Waals surface area contributed by atoms with Crippen LogP contribution in [0.15, 0.2) is 0 Å². The van der Waals surface area contributed by atoms with E-state index in [9.17, 15) is 4.21 Å². The molecular formula is C8H15NOS. The van der Waals surface area contributed by atoms with Crippen molar-refractivity contribution in [1.29, 1.82) is 0 Å². The third kappa shape index (κ3) is 9.67. The zero-order valence-corrected chi connectivity index (χ0v) is 7.96. The van der Waals surface area contributed by atoms with Crippen LogP contribution in [0.5, 0.6) is 0 Å². The zero-order valence-electron chi connectivity index (χ0n) is 7.14. The summed E-state index contributed by atoms with van der Waals surface area (Å²) in [5.74, 6) is 6.50. The van der Waals surface area contributed by atoms with E-state index in [1.54, 1.807) is 6.26 Å². The van der Waals surface area contributed by atoms with Gasteiger partial charge in [0.1, 0.15) is 0 Å². The van der Waals surface area contributed by atoms with Crippen LogP contribution in [0.4, 0.5) is 0 Å². The average Bonchev–Trinajstić information content (AvgIpc) is 1.96. The highest BCUT2D eigenvalue weighted by Crippen LogP contribution is 1.74. The van der Waals surface area contributed by atoms with Crippen LogP contribution in [-0.2, 0) is 10.8 Å². The van der Waals surface area contributed by atoms with E-state index in [4.69, 9.17) is 0 Å². The summed E-state index contributed by atoms with van der Waals surface area (Å²) < 4.78 is 10.6. The van der Waals surface area contributed by atoms with Crippen molar-refractivity contribution in [3.8, 4) is 11.8 Å². The predicted octanol–water partition coefficient (Wildman–Crippen LogP) is 0.368. The molecule has 3 heteroatoms. The Balaban J connectivity index is 3.00. The van der Waals surface area contributed by atoms with Gasteiger partial charge in [0.2, 0.25) is 0 Å². The van der Waals surface area contributed by atoms with Gasteiger partial charge in [-0.15, -0.1) is 11.8 Å². The average molecular weight is 173 g/mol. The Bertz CT molecular complexity index is 169. The maximum atomic E-state index is 10.6. The minimum absolute atomic E-state index is 0.671. The largest absolute Gasteiger partial charge is 0.315 e. The molecule has 0 rings (SSSR count). The van der Waals surface area contributed by atoms with Crippen LogP contribution < -0.4 is 5.32 Å². The van der Waals surface area contributed by atoms with Crippen molar-refractivity contribution in [1.82, 2.24) is 5.32 Å². The first kappa shape index (κ1) is 10.7. The molecule has 0 heterocycles. The van der Waals surface area contributed by atoms with Crippen molar-refractivity contribution in [2.24, 2.45) is 0 Å². The summed E-state index contributed by atoms with van der Waals surface area (Å²) in [6.07, 6.45) is 2.60. The molecule has 0 spiro atoms. The molecule has 0 aromatic heterocycles. The zero-order chi connectivity index (χ0) is 8.53. The minimum Gasteiger partial charge on any atom is -0.315 e. The van der Waals surface area contributed by atoms with Crippen LogP contribution >= 0.6 is 0 Å². The molecule has 0 saturated carbocycles. The molecule has 0 aliphatic carbocycles. The van der Waals surface area contributed by atoms with Crippen LogP contribution in [-0.4, -0.2) is 29.3 Å². The first-order chi connectivity index (χ1) is 5.27. The molecule has 0 aliphatic heterocycles. The lowest BCUT2D eigenvalue weighted by molar-refractivity contribution is 0.678. The quantitative estimate of drug-likeness (QED) is 0.481. The summed E-state index contributed by atoms with van der Waals surface area (Å²) >= 11 is 0. The maximum Gasteiger partial charge on any atom is 0.0357 e. The van der Waals surface area contributed by atoms with Gasteiger partial charge < -0.3 is 5.32 Å². The first-order valence-electron chi connectivity index (χ1n) is 3.67. The number of rotatable bonds is 5. The molecule has 0 fully saturated rings. The lowest BCUT2D eigenvalue weighted by Crippen LogP contribution is -2.20. The molecule has 0 amide bonds. The van der Waals surface area contributed by atoms with Crippen LogP contribution in [0.2, 0.25) is 0 Å². The number of hydrogen-bond donors (Lipinski definition) is 1. The van der Waals surface area contributed by atoms with Crippen molar-refractivity contribution >= 4 is 10.8 Å². The van der Waals surface area contributed by atoms with Crippen molar-refractivity contribution in [3.63, 3.8) is 0 Å². The van der Waals surface area contributed by atoms with Gasteiger partial charge in [-0.2, -0.15) is 0 Å². The summed E-state index contributed by atoms with van der Waals surface area (Å²) in [5.41, 5.74) is 0. The van der Waals surface area contributed by atoms with E-state index in [2.05, 4.69) is 17.2 Å². The Kier molecular flexibility index (Phi) is 7.54. The summed E-state index contributed by atoms with van der Waals surface area (Å²) in [5, 5.41) is 3.16. The maximum absolute atomic E-state index is 10.6. The number of hydrogen-bond acceptors (Lipinski definition) is 2. The Hall–Kier alpha value is -0.330. The van der Waals surface area contributed by atoms with Gasteiger partial charge in [-0.3, -0.25) is 4.21 Å². The second-order valence-electron chi connectivity index (χ2n) is 2.20. The fraction of sp³-hybridized carbons (Fsp3) is 0.750. The van der Waals surface area contributed by atoms with Gasteiger partial charge in [-0.1, -0.05) is 0 Å². The molecule has 0 saturated heterocycles. The third-order valence-corrected chi connectivity index (χ3v) is 1.95. The van der Waals surface area contributed by atoms with E-state index in [-0.39, 0.29) is 0 Å². The summed E-state index contributed by atoms with van der Waals surface area (Å²) in [6.45, 7) is 3.56. The van der Waals surface area contributed by atoms with E-state index >= 15 is 0 Å². The van der Waals surface area contributed by atoms with E-state index < -0.39 is 10.8 Å². The molecule has 11 heavy (non-hydrogen) atoms. The van der Waals surface area contributed by atoms with Crippen LogP contribution in [0.1, 0.15) is 13.3 Å². The summed E-state index contributed by atoms with van der Waals surface area (Å²) in [4.78, 5) is 0. The molecule has 0 aromatic carbocycles.